The topological polar surface area (TPSA) is 39.7 Å². The molecule has 4 nitrogen and oxygen atoms in total. The van der Waals surface area contributed by atoms with E-state index in [9.17, 15) is 0 Å². The molecule has 0 heterocycles. The first-order valence-corrected chi connectivity index (χ1v) is 9.08. The lowest BCUT2D eigenvalue weighted by Crippen LogP contribution is -2.40. The lowest BCUT2D eigenvalue weighted by atomic mass is 9.96. The predicted octanol–water partition coefficient (Wildman–Crippen LogP) is 3.66. The third-order valence-corrected chi connectivity index (χ3v) is 4.55. The molecule has 1 aromatic rings. The molecule has 0 spiro atoms. The average molecular weight is 333 g/mol. The quantitative estimate of drug-likeness (QED) is 0.474. The van der Waals surface area contributed by atoms with Gasteiger partial charge in [-0.15, -0.1) is 0 Å². The number of hydrogen-bond acceptors (Lipinski definition) is 3. The minimum Gasteiger partial charge on any atom is -0.372 e. The van der Waals surface area contributed by atoms with Gasteiger partial charge in [-0.3, -0.25) is 5.43 Å². The first-order chi connectivity index (χ1) is 11.2. The van der Waals surface area contributed by atoms with Gasteiger partial charge in [0, 0.05) is 24.8 Å². The highest BCUT2D eigenvalue weighted by molar-refractivity contribution is 7.80. The molecule has 0 amide bonds. The molecule has 0 bridgehead atoms. The minimum absolute atomic E-state index is 0.507. The van der Waals surface area contributed by atoms with E-state index in [4.69, 9.17) is 12.2 Å². The highest BCUT2D eigenvalue weighted by Crippen LogP contribution is 2.17. The van der Waals surface area contributed by atoms with Gasteiger partial charge >= 0.3 is 0 Å². The first kappa shape index (κ1) is 17.7. The summed E-state index contributed by atoms with van der Waals surface area (Å²) in [5, 5.41) is 8.19. The fourth-order valence-corrected chi connectivity index (χ4v) is 3.21. The molecule has 0 atom stereocenters. The lowest BCUT2D eigenvalue weighted by molar-refractivity contribution is 0.412. The van der Waals surface area contributed by atoms with E-state index in [0.29, 0.717) is 11.2 Å². The standard InChI is InChI=1S/C18H28N4S/c1-3-22(4-2)17-12-10-15(11-13-17)14-19-21-18(23)20-16-8-6-5-7-9-16/h10-14,16H,3-9H2,1-2H3,(H2,20,21,23)/b19-14-. The maximum Gasteiger partial charge on any atom is 0.187 e. The smallest absolute Gasteiger partial charge is 0.187 e. The van der Waals surface area contributed by atoms with Gasteiger partial charge in [0.15, 0.2) is 5.11 Å². The molecule has 126 valence electrons. The highest BCUT2D eigenvalue weighted by atomic mass is 32.1. The molecule has 1 aliphatic carbocycles. The number of benzene rings is 1. The molecule has 1 fully saturated rings. The summed E-state index contributed by atoms with van der Waals surface area (Å²) in [6.07, 6.45) is 8.16. The molecule has 1 aromatic carbocycles. The molecular formula is C18H28N4S. The molecule has 1 saturated carbocycles. The van der Waals surface area contributed by atoms with Crippen molar-refractivity contribution in [3.05, 3.63) is 29.8 Å². The summed E-state index contributed by atoms with van der Waals surface area (Å²) in [5.41, 5.74) is 5.23. The molecule has 0 radical (unpaired) electrons. The van der Waals surface area contributed by atoms with Crippen LogP contribution in [0.2, 0.25) is 0 Å². The van der Waals surface area contributed by atoms with Crippen LogP contribution < -0.4 is 15.6 Å². The Morgan fingerprint density at radius 1 is 1.17 bits per heavy atom. The van der Waals surface area contributed by atoms with Crippen LogP contribution in [-0.4, -0.2) is 30.5 Å². The van der Waals surface area contributed by atoms with Gasteiger partial charge in [0.2, 0.25) is 0 Å². The summed E-state index contributed by atoms with van der Waals surface area (Å²) in [4.78, 5) is 2.32. The van der Waals surface area contributed by atoms with Crippen molar-refractivity contribution >= 4 is 29.2 Å². The van der Waals surface area contributed by atoms with Crippen LogP contribution in [0.1, 0.15) is 51.5 Å². The van der Waals surface area contributed by atoms with Gasteiger partial charge in [-0.05, 0) is 56.6 Å². The predicted molar refractivity (Wildman–Crippen MR) is 103 cm³/mol. The number of hydrazone groups is 1. The van der Waals surface area contributed by atoms with E-state index in [1.54, 1.807) is 6.21 Å². The fourth-order valence-electron chi connectivity index (χ4n) is 2.99. The summed E-state index contributed by atoms with van der Waals surface area (Å²) in [6.45, 7) is 6.38. The zero-order chi connectivity index (χ0) is 16.5. The third kappa shape index (κ3) is 5.82. The van der Waals surface area contributed by atoms with Gasteiger partial charge in [-0.25, -0.2) is 0 Å². The van der Waals surface area contributed by atoms with Crippen molar-refractivity contribution in [3.63, 3.8) is 0 Å². The van der Waals surface area contributed by atoms with Crippen molar-refractivity contribution in [2.75, 3.05) is 18.0 Å². The Labute approximate surface area is 145 Å². The Kier molecular flexibility index (Phi) is 7.33. The van der Waals surface area contributed by atoms with Gasteiger partial charge in [-0.1, -0.05) is 31.4 Å². The molecule has 23 heavy (non-hydrogen) atoms. The molecular weight excluding hydrogens is 304 g/mol. The lowest BCUT2D eigenvalue weighted by Gasteiger charge is -2.23. The average Bonchev–Trinajstić information content (AvgIpc) is 2.58. The van der Waals surface area contributed by atoms with Crippen LogP contribution in [0, 0.1) is 0 Å². The zero-order valence-electron chi connectivity index (χ0n) is 14.2. The van der Waals surface area contributed by atoms with Crippen molar-refractivity contribution in [2.24, 2.45) is 5.10 Å². The molecule has 0 unspecified atom stereocenters. The van der Waals surface area contributed by atoms with Crippen molar-refractivity contribution in [1.82, 2.24) is 10.7 Å². The van der Waals surface area contributed by atoms with Gasteiger partial charge in [0.1, 0.15) is 0 Å². The van der Waals surface area contributed by atoms with Gasteiger partial charge < -0.3 is 10.2 Å². The van der Waals surface area contributed by atoms with Gasteiger partial charge in [0.25, 0.3) is 0 Å². The Balaban J connectivity index is 1.79. The van der Waals surface area contributed by atoms with E-state index in [-0.39, 0.29) is 0 Å². The summed E-state index contributed by atoms with van der Waals surface area (Å²) in [6, 6.07) is 8.93. The van der Waals surface area contributed by atoms with Crippen LogP contribution in [0.5, 0.6) is 0 Å². The van der Waals surface area contributed by atoms with Crippen LogP contribution in [0.25, 0.3) is 0 Å². The van der Waals surface area contributed by atoms with Crippen molar-refractivity contribution in [2.45, 2.75) is 52.0 Å². The van der Waals surface area contributed by atoms with Crippen molar-refractivity contribution in [3.8, 4) is 0 Å². The van der Waals surface area contributed by atoms with Crippen LogP contribution in [-0.2, 0) is 0 Å². The van der Waals surface area contributed by atoms with E-state index in [1.165, 1.54) is 37.8 Å². The van der Waals surface area contributed by atoms with Crippen molar-refractivity contribution < 1.29 is 0 Å². The molecule has 0 aromatic heterocycles. The molecule has 5 heteroatoms. The fraction of sp³-hybridized carbons (Fsp3) is 0.556. The summed E-state index contributed by atoms with van der Waals surface area (Å²) in [7, 11) is 0. The highest BCUT2D eigenvalue weighted by Gasteiger charge is 2.13. The second-order valence-corrected chi connectivity index (χ2v) is 6.35. The molecule has 2 N–H and O–H groups in total. The Bertz CT molecular complexity index is 502. The minimum atomic E-state index is 0.507. The van der Waals surface area contributed by atoms with Gasteiger partial charge in [0.05, 0.1) is 6.21 Å². The number of nitrogens with one attached hydrogen (secondary N) is 2. The molecule has 0 aliphatic heterocycles. The number of rotatable bonds is 6. The van der Waals surface area contributed by atoms with Crippen molar-refractivity contribution in [1.29, 1.82) is 0 Å². The summed E-state index contributed by atoms with van der Waals surface area (Å²) >= 11 is 5.29. The number of thiocarbonyl (C=S) groups is 1. The second-order valence-electron chi connectivity index (χ2n) is 5.94. The van der Waals surface area contributed by atoms with E-state index in [1.807, 2.05) is 0 Å². The largest absolute Gasteiger partial charge is 0.372 e. The second kappa shape index (κ2) is 9.50. The first-order valence-electron chi connectivity index (χ1n) is 8.67. The third-order valence-electron chi connectivity index (χ3n) is 4.34. The normalized spacial score (nSPS) is 15.6. The number of nitrogens with zero attached hydrogens (tertiary/aromatic N) is 2. The van der Waals surface area contributed by atoms with E-state index in [0.717, 1.165) is 18.7 Å². The van der Waals surface area contributed by atoms with E-state index in [2.05, 4.69) is 58.9 Å². The maximum atomic E-state index is 5.29. The molecule has 0 saturated heterocycles. The van der Waals surface area contributed by atoms with E-state index < -0.39 is 0 Å². The number of hydrogen-bond donors (Lipinski definition) is 2. The van der Waals surface area contributed by atoms with Crippen LogP contribution in [0.15, 0.2) is 29.4 Å². The zero-order valence-corrected chi connectivity index (χ0v) is 15.0. The van der Waals surface area contributed by atoms with Gasteiger partial charge in [-0.2, -0.15) is 5.10 Å². The Hall–Kier alpha value is -1.62. The van der Waals surface area contributed by atoms with E-state index >= 15 is 0 Å². The molecule has 1 aliphatic rings. The van der Waals surface area contributed by atoms with Crippen LogP contribution >= 0.6 is 12.2 Å². The maximum absolute atomic E-state index is 5.29. The Morgan fingerprint density at radius 3 is 2.43 bits per heavy atom. The SMILES string of the molecule is CCN(CC)c1ccc(/C=N\NC(=S)NC2CCCCC2)cc1. The Morgan fingerprint density at radius 2 is 1.83 bits per heavy atom. The van der Waals surface area contributed by atoms with Crippen LogP contribution in [0.3, 0.4) is 0 Å². The van der Waals surface area contributed by atoms with Crippen LogP contribution in [0.4, 0.5) is 5.69 Å². The number of anilines is 1. The monoisotopic (exact) mass is 332 g/mol. The molecule has 2 rings (SSSR count). The summed E-state index contributed by atoms with van der Waals surface area (Å²) < 4.78 is 0. The summed E-state index contributed by atoms with van der Waals surface area (Å²) in [5.74, 6) is 0.